The number of pyridine rings is 4. The summed E-state index contributed by atoms with van der Waals surface area (Å²) >= 11 is 0. The number of nitrogens with two attached hydrogens (primary N) is 2. The van der Waals surface area contributed by atoms with Crippen LogP contribution in [0.15, 0.2) is 176 Å². The summed E-state index contributed by atoms with van der Waals surface area (Å²) in [7, 11) is 0. The van der Waals surface area contributed by atoms with Gasteiger partial charge in [0.25, 0.3) is 0 Å². The third kappa shape index (κ3) is 6.15. The molecule has 0 bridgehead atoms. The standard InChI is InChI=1S/C54H42N8/c1-2-44(56)47-28-34(14-4-3-11-25-55)29-52(59-47)61-49-19-7-6-16-39(49)43-30-35-21-22-40-37(42(35)33-51(43)61)23-24-41-38-15-5-8-20-50(38)62(54(40)41)53-32-36(45-17-9-12-26-57-45)31-48(60-53)46-18-10-13-27-58-46/h2-13,15-20,23-33H,14,21-22,55-56H2,1H3/b4-3-,25-11-,44-2-. The fourth-order valence-electron chi connectivity index (χ4n) is 9.30. The molecule has 1 aliphatic carbocycles. The smallest absolute Gasteiger partial charge is 0.139 e. The maximum absolute atomic E-state index is 6.57. The molecule has 298 valence electrons. The van der Waals surface area contributed by atoms with Crippen molar-refractivity contribution in [3.63, 3.8) is 0 Å². The highest BCUT2D eigenvalue weighted by Gasteiger charge is 2.26. The number of para-hydroxylation sites is 2. The Morgan fingerprint density at radius 3 is 2.10 bits per heavy atom. The van der Waals surface area contributed by atoms with Crippen LogP contribution in [0.1, 0.15) is 29.3 Å². The van der Waals surface area contributed by atoms with Gasteiger partial charge >= 0.3 is 0 Å². The summed E-state index contributed by atoms with van der Waals surface area (Å²) in [5.41, 5.74) is 27.7. The molecular weight excluding hydrogens is 761 g/mol. The molecule has 62 heavy (non-hydrogen) atoms. The summed E-state index contributed by atoms with van der Waals surface area (Å²) in [6, 6.07) is 47.2. The van der Waals surface area contributed by atoms with Crippen molar-refractivity contribution < 1.29 is 0 Å². The second-order valence-electron chi connectivity index (χ2n) is 15.7. The van der Waals surface area contributed by atoms with Crippen LogP contribution in [-0.4, -0.2) is 29.1 Å². The lowest BCUT2D eigenvalue weighted by molar-refractivity contribution is 0.941. The normalized spacial score (nSPS) is 13.0. The quantitative estimate of drug-likeness (QED) is 0.148. The van der Waals surface area contributed by atoms with Crippen molar-refractivity contribution in [1.82, 2.24) is 29.1 Å². The highest BCUT2D eigenvalue weighted by molar-refractivity contribution is 6.14. The van der Waals surface area contributed by atoms with E-state index < -0.39 is 0 Å². The van der Waals surface area contributed by atoms with E-state index in [0.29, 0.717) is 12.1 Å². The van der Waals surface area contributed by atoms with Gasteiger partial charge in [-0.15, -0.1) is 0 Å². The number of aromatic nitrogens is 6. The van der Waals surface area contributed by atoms with Crippen molar-refractivity contribution in [2.75, 3.05) is 0 Å². The molecule has 8 heteroatoms. The Morgan fingerprint density at radius 1 is 0.613 bits per heavy atom. The van der Waals surface area contributed by atoms with Gasteiger partial charge < -0.3 is 11.5 Å². The number of hydrogen-bond acceptors (Lipinski definition) is 6. The summed E-state index contributed by atoms with van der Waals surface area (Å²) < 4.78 is 4.67. The molecule has 0 atom stereocenters. The van der Waals surface area contributed by atoms with E-state index in [1.807, 2.05) is 73.9 Å². The topological polar surface area (TPSA) is 113 Å². The van der Waals surface area contributed by atoms with Crippen LogP contribution < -0.4 is 11.5 Å². The first kappa shape index (κ1) is 36.9. The summed E-state index contributed by atoms with van der Waals surface area (Å²) in [6.45, 7) is 1.95. The minimum Gasteiger partial charge on any atom is -0.405 e. The largest absolute Gasteiger partial charge is 0.405 e. The SMILES string of the molecule is C/C=C(\N)c1cc(C/C=C\C=C/N)cc(-n2c3ccccc3c3cc4c(cc32)-c2ccc3c5ccccc5n(-c5cc(-c6ccccn6)cc(-c6ccccn6)n5)c3c2CC4)n1. The van der Waals surface area contributed by atoms with Gasteiger partial charge in [-0.05, 0) is 139 Å². The number of benzene rings is 4. The van der Waals surface area contributed by atoms with Crippen LogP contribution in [-0.2, 0) is 19.3 Å². The van der Waals surface area contributed by atoms with Gasteiger partial charge in [0.2, 0.25) is 0 Å². The van der Waals surface area contributed by atoms with E-state index in [-0.39, 0.29) is 0 Å². The highest BCUT2D eigenvalue weighted by Crippen LogP contribution is 2.45. The number of allylic oxidation sites excluding steroid dienone is 4. The molecule has 0 saturated heterocycles. The third-order valence-corrected chi connectivity index (χ3v) is 12.1. The van der Waals surface area contributed by atoms with Crippen LogP contribution in [0.4, 0.5) is 0 Å². The maximum Gasteiger partial charge on any atom is 0.139 e. The monoisotopic (exact) mass is 802 g/mol. The molecule has 0 spiro atoms. The van der Waals surface area contributed by atoms with Gasteiger partial charge in [-0.25, -0.2) is 9.97 Å². The summed E-state index contributed by atoms with van der Waals surface area (Å²) in [5.74, 6) is 1.65. The first-order valence-electron chi connectivity index (χ1n) is 21.0. The second-order valence-corrected chi connectivity index (χ2v) is 15.7. The van der Waals surface area contributed by atoms with Crippen LogP contribution in [0.2, 0.25) is 0 Å². The van der Waals surface area contributed by atoms with Crippen molar-refractivity contribution in [3.05, 3.63) is 199 Å². The van der Waals surface area contributed by atoms with Gasteiger partial charge in [0.05, 0.1) is 50.5 Å². The average Bonchev–Trinajstić information content (AvgIpc) is 3.85. The molecule has 0 fully saturated rings. The molecule has 11 rings (SSSR count). The van der Waals surface area contributed by atoms with E-state index in [1.54, 1.807) is 0 Å². The van der Waals surface area contributed by atoms with E-state index in [9.17, 15) is 0 Å². The first-order chi connectivity index (χ1) is 30.6. The van der Waals surface area contributed by atoms with Gasteiger partial charge in [-0.3, -0.25) is 19.1 Å². The van der Waals surface area contributed by atoms with Gasteiger partial charge in [0, 0.05) is 39.5 Å². The van der Waals surface area contributed by atoms with Gasteiger partial charge in [0.15, 0.2) is 0 Å². The predicted octanol–water partition coefficient (Wildman–Crippen LogP) is 11.5. The van der Waals surface area contributed by atoms with Gasteiger partial charge in [0.1, 0.15) is 11.6 Å². The Hall–Kier alpha value is -8.10. The van der Waals surface area contributed by atoms with E-state index in [4.69, 9.17) is 31.4 Å². The Kier molecular flexibility index (Phi) is 9.04. The van der Waals surface area contributed by atoms with Crippen LogP contribution in [0, 0.1) is 0 Å². The van der Waals surface area contributed by atoms with Crippen LogP contribution >= 0.6 is 0 Å². The van der Waals surface area contributed by atoms with Crippen molar-refractivity contribution in [2.45, 2.75) is 26.2 Å². The zero-order valence-electron chi connectivity index (χ0n) is 34.2. The molecule has 1 aliphatic rings. The molecule has 8 nitrogen and oxygen atoms in total. The molecule has 6 heterocycles. The molecule has 6 aromatic heterocycles. The van der Waals surface area contributed by atoms with Crippen LogP contribution in [0.25, 0.3) is 94.7 Å². The number of hydrogen-bond donors (Lipinski definition) is 2. The molecule has 0 unspecified atom stereocenters. The molecule has 10 aromatic rings. The van der Waals surface area contributed by atoms with Gasteiger partial charge in [-0.2, -0.15) is 0 Å². The summed E-state index contributed by atoms with van der Waals surface area (Å²) in [4.78, 5) is 20.1. The third-order valence-electron chi connectivity index (χ3n) is 12.1. The number of nitrogens with zero attached hydrogens (tertiary/aromatic N) is 6. The lowest BCUT2D eigenvalue weighted by Gasteiger charge is -2.23. The molecule has 4 N–H and O–H groups in total. The Labute approximate surface area is 358 Å². The second kappa shape index (κ2) is 15.2. The zero-order chi connectivity index (χ0) is 41.7. The molecular formula is C54H42N8. The van der Waals surface area contributed by atoms with Crippen LogP contribution in [0.5, 0.6) is 0 Å². The lowest BCUT2D eigenvalue weighted by atomic mass is 9.83. The summed E-state index contributed by atoms with van der Waals surface area (Å²) in [6.07, 6.45) is 15.5. The molecule has 0 radical (unpaired) electrons. The van der Waals surface area contributed by atoms with Crippen molar-refractivity contribution in [3.8, 4) is 45.4 Å². The number of fused-ring (bicyclic) bond motifs is 10. The van der Waals surface area contributed by atoms with E-state index in [0.717, 1.165) is 74.9 Å². The van der Waals surface area contributed by atoms with Gasteiger partial charge in [-0.1, -0.05) is 78.9 Å². The van der Waals surface area contributed by atoms with E-state index in [2.05, 4.69) is 112 Å². The molecule has 0 amide bonds. The van der Waals surface area contributed by atoms with Crippen molar-refractivity contribution >= 4 is 49.3 Å². The van der Waals surface area contributed by atoms with Crippen LogP contribution in [0.3, 0.4) is 0 Å². The Morgan fingerprint density at radius 2 is 1.34 bits per heavy atom. The minimum absolute atomic E-state index is 0.637. The first-order valence-corrected chi connectivity index (χ1v) is 21.0. The zero-order valence-corrected chi connectivity index (χ0v) is 34.2. The lowest BCUT2D eigenvalue weighted by Crippen LogP contribution is -2.08. The Balaban J connectivity index is 1.16. The fourth-order valence-corrected chi connectivity index (χ4v) is 9.30. The van der Waals surface area contributed by atoms with Crippen molar-refractivity contribution in [2.24, 2.45) is 11.5 Å². The Bertz CT molecular complexity index is 3410. The van der Waals surface area contributed by atoms with E-state index >= 15 is 0 Å². The minimum atomic E-state index is 0.637. The predicted molar refractivity (Wildman–Crippen MR) is 254 cm³/mol. The number of rotatable bonds is 8. The summed E-state index contributed by atoms with van der Waals surface area (Å²) in [5, 5.41) is 4.78. The van der Waals surface area contributed by atoms with Crippen molar-refractivity contribution in [1.29, 1.82) is 0 Å². The maximum atomic E-state index is 6.57. The fraction of sp³-hybridized carbons (Fsp3) is 0.0741. The molecule has 0 saturated carbocycles. The molecule has 4 aromatic carbocycles. The number of aryl methyl sites for hydroxylation is 2. The van der Waals surface area contributed by atoms with E-state index in [1.165, 1.54) is 55.5 Å². The molecule has 0 aliphatic heterocycles. The highest BCUT2D eigenvalue weighted by atomic mass is 15.1. The average molecular weight is 803 g/mol.